The van der Waals surface area contributed by atoms with Gasteiger partial charge >= 0.3 is 18.3 Å². The average molecular weight is 912 g/mol. The molecule has 1 aromatic carbocycles. The van der Waals surface area contributed by atoms with Gasteiger partial charge in [0.05, 0.1) is 17.2 Å². The molecule has 55 heavy (non-hydrogen) atoms. The lowest BCUT2D eigenvalue weighted by atomic mass is 9.78. The highest BCUT2D eigenvalue weighted by atomic mass is 127. The zero-order valence-electron chi connectivity index (χ0n) is 29.7. The van der Waals surface area contributed by atoms with Gasteiger partial charge in [0.25, 0.3) is 11.8 Å². The van der Waals surface area contributed by atoms with E-state index in [9.17, 15) is 45.8 Å². The Morgan fingerprint density at radius 3 is 2.38 bits per heavy atom. The van der Waals surface area contributed by atoms with Crippen LogP contribution in [0.15, 0.2) is 54.0 Å². The molecule has 5 rings (SSSR count). The summed E-state index contributed by atoms with van der Waals surface area (Å²) in [5.41, 5.74) is -5.14. The summed E-state index contributed by atoms with van der Waals surface area (Å²) in [6.07, 6.45) is -7.33. The van der Waals surface area contributed by atoms with Gasteiger partial charge in [0, 0.05) is 55.7 Å². The Hall–Kier alpha value is -3.65. The van der Waals surface area contributed by atoms with Crippen molar-refractivity contribution in [3.63, 3.8) is 0 Å². The van der Waals surface area contributed by atoms with Crippen LogP contribution in [0.1, 0.15) is 91.2 Å². The van der Waals surface area contributed by atoms with E-state index in [1.807, 2.05) is 22.6 Å². The number of carboxylic acid groups (broad SMARTS) is 1. The van der Waals surface area contributed by atoms with Gasteiger partial charge in [0.15, 0.2) is 0 Å². The third kappa shape index (κ3) is 9.67. The number of hydrogen-bond donors (Lipinski definition) is 2. The van der Waals surface area contributed by atoms with Gasteiger partial charge in [-0.1, -0.05) is 31.5 Å². The number of rotatable bonds is 13. The van der Waals surface area contributed by atoms with E-state index in [2.05, 4.69) is 4.98 Å². The Bertz CT molecular complexity index is 1830. The van der Waals surface area contributed by atoms with Crippen molar-refractivity contribution in [1.29, 1.82) is 0 Å². The number of amides is 2. The highest BCUT2D eigenvalue weighted by Crippen LogP contribution is 2.44. The number of carbonyl (C=O) groups excluding carboxylic acids is 2. The van der Waals surface area contributed by atoms with Crippen LogP contribution in [0.5, 0.6) is 11.5 Å². The topological polar surface area (TPSA) is 130 Å². The zero-order chi connectivity index (χ0) is 40.2. The molecular formula is C37H40F6IN3O7S. The number of carbonyl (C=O) groups is 3. The molecule has 2 N–H and O–H groups in total. The SMILES string of the molecule is CCC[C@H]1N(C(=O)c2ncccc2C(F)(F)F)CCC[C@@]1(Oc1csc(C(F)(F)F)c1)C(=O)N1CCC(O)(c2ccccc2O[C@H](I)CCCC(=O)O)CC1. The first-order valence-electron chi connectivity index (χ1n) is 17.7. The lowest BCUT2D eigenvalue weighted by molar-refractivity contribution is -0.163. The molecule has 2 aromatic heterocycles. The van der Waals surface area contributed by atoms with Gasteiger partial charge in [-0.15, -0.1) is 11.3 Å². The third-order valence-electron chi connectivity index (χ3n) is 9.86. The Kier molecular flexibility index (Phi) is 13.3. The van der Waals surface area contributed by atoms with Gasteiger partial charge < -0.3 is 29.5 Å². The van der Waals surface area contributed by atoms with Crippen molar-refractivity contribution < 1.29 is 60.4 Å². The second-order valence-corrected chi connectivity index (χ2v) is 15.9. The van der Waals surface area contributed by atoms with E-state index >= 15 is 0 Å². The first-order chi connectivity index (χ1) is 25.9. The van der Waals surface area contributed by atoms with Gasteiger partial charge in [0.2, 0.25) is 5.60 Å². The molecule has 0 bridgehead atoms. The molecule has 0 aliphatic carbocycles. The van der Waals surface area contributed by atoms with Crippen LogP contribution in [-0.4, -0.2) is 78.2 Å². The Morgan fingerprint density at radius 2 is 1.75 bits per heavy atom. The van der Waals surface area contributed by atoms with Gasteiger partial charge in [0.1, 0.15) is 26.2 Å². The summed E-state index contributed by atoms with van der Waals surface area (Å²) in [6, 6.07) is 8.17. The number of pyridine rings is 1. The van der Waals surface area contributed by atoms with E-state index in [1.54, 1.807) is 31.2 Å². The number of likely N-dealkylation sites (tertiary alicyclic amines) is 2. The number of nitrogens with zero attached hydrogens (tertiary/aromatic N) is 3. The third-order valence-corrected chi connectivity index (χ3v) is 11.7. The van der Waals surface area contributed by atoms with E-state index in [0.29, 0.717) is 41.9 Å². The van der Waals surface area contributed by atoms with E-state index in [4.69, 9.17) is 14.6 Å². The molecule has 0 unspecified atom stereocenters. The number of hydrogen-bond acceptors (Lipinski definition) is 8. The van der Waals surface area contributed by atoms with E-state index in [0.717, 1.165) is 34.7 Å². The molecule has 10 nitrogen and oxygen atoms in total. The fourth-order valence-corrected chi connectivity index (χ4v) is 8.65. The van der Waals surface area contributed by atoms with Crippen molar-refractivity contribution in [2.24, 2.45) is 0 Å². The number of aromatic nitrogens is 1. The maximum Gasteiger partial charge on any atom is 0.425 e. The lowest BCUT2D eigenvalue weighted by Gasteiger charge is -2.51. The molecule has 3 atom stereocenters. The molecule has 4 heterocycles. The maximum absolute atomic E-state index is 14.9. The Labute approximate surface area is 330 Å². The number of thiophene rings is 1. The summed E-state index contributed by atoms with van der Waals surface area (Å²) in [5.74, 6) is -2.57. The molecule has 2 amide bonds. The van der Waals surface area contributed by atoms with Gasteiger partial charge in [-0.05, 0) is 79.3 Å². The largest absolute Gasteiger partial charge is 0.481 e. The van der Waals surface area contributed by atoms with Gasteiger partial charge in [-0.3, -0.25) is 19.4 Å². The molecule has 3 aromatic rings. The number of alkyl halides is 7. The minimum atomic E-state index is -4.92. The van der Waals surface area contributed by atoms with Crippen molar-refractivity contribution >= 4 is 51.7 Å². The normalized spacial score (nSPS) is 20.9. The summed E-state index contributed by atoms with van der Waals surface area (Å²) in [6.45, 7) is 1.61. The highest BCUT2D eigenvalue weighted by Gasteiger charge is 2.57. The van der Waals surface area contributed by atoms with Crippen LogP contribution in [0.25, 0.3) is 0 Å². The first kappa shape index (κ1) is 42.5. The summed E-state index contributed by atoms with van der Waals surface area (Å²) in [5, 5.41) is 22.0. The van der Waals surface area contributed by atoms with Crippen LogP contribution in [0.4, 0.5) is 26.3 Å². The number of carboxylic acids is 1. The Morgan fingerprint density at radius 1 is 1.04 bits per heavy atom. The molecule has 0 spiro atoms. The number of para-hydroxylation sites is 1. The van der Waals surface area contributed by atoms with Crippen LogP contribution in [0.2, 0.25) is 0 Å². The van der Waals surface area contributed by atoms with Crippen LogP contribution in [0, 0.1) is 0 Å². The van der Waals surface area contributed by atoms with E-state index in [1.165, 1.54) is 4.90 Å². The summed E-state index contributed by atoms with van der Waals surface area (Å²) >= 11 is 2.41. The molecule has 2 aliphatic rings. The summed E-state index contributed by atoms with van der Waals surface area (Å²) in [4.78, 5) is 45.2. The quantitative estimate of drug-likeness (QED) is 0.0997. The van der Waals surface area contributed by atoms with Crippen LogP contribution in [0.3, 0.4) is 0 Å². The van der Waals surface area contributed by atoms with Crippen molar-refractivity contribution in [3.8, 4) is 11.5 Å². The average Bonchev–Trinajstić information content (AvgIpc) is 3.61. The van der Waals surface area contributed by atoms with E-state index < -0.39 is 67.6 Å². The molecule has 2 saturated heterocycles. The summed E-state index contributed by atoms with van der Waals surface area (Å²) < 4.78 is 95.2. The molecule has 0 saturated carbocycles. The molecule has 0 radical (unpaired) electrons. The predicted molar refractivity (Wildman–Crippen MR) is 197 cm³/mol. The van der Waals surface area contributed by atoms with Gasteiger partial charge in [-0.25, -0.2) is 0 Å². The van der Waals surface area contributed by atoms with Crippen LogP contribution < -0.4 is 9.47 Å². The first-order valence-corrected chi connectivity index (χ1v) is 19.8. The zero-order valence-corrected chi connectivity index (χ0v) is 32.6. The van der Waals surface area contributed by atoms with Crippen molar-refractivity contribution in [3.05, 3.63) is 75.7 Å². The van der Waals surface area contributed by atoms with Crippen LogP contribution >= 0.6 is 33.9 Å². The molecule has 2 fully saturated rings. The monoisotopic (exact) mass is 911 g/mol. The minimum absolute atomic E-state index is 0.0146. The summed E-state index contributed by atoms with van der Waals surface area (Å²) in [7, 11) is 0. The molecule has 18 heteroatoms. The number of piperidine rings is 2. The lowest BCUT2D eigenvalue weighted by Crippen LogP contribution is -2.68. The molecule has 2 aliphatic heterocycles. The van der Waals surface area contributed by atoms with Crippen molar-refractivity contribution in [2.75, 3.05) is 19.6 Å². The molecule has 300 valence electrons. The van der Waals surface area contributed by atoms with E-state index in [-0.39, 0.29) is 63.9 Å². The fourth-order valence-electron chi connectivity index (χ4n) is 7.26. The minimum Gasteiger partial charge on any atom is -0.481 e. The number of ether oxygens (including phenoxy) is 2. The van der Waals surface area contributed by atoms with Gasteiger partial charge in [-0.2, -0.15) is 26.3 Å². The second-order valence-electron chi connectivity index (χ2n) is 13.6. The Balaban J connectivity index is 1.46. The predicted octanol–water partition coefficient (Wildman–Crippen LogP) is 8.31. The number of benzene rings is 1. The number of halogens is 7. The number of aliphatic hydroxyl groups is 1. The number of aliphatic carboxylic acids is 1. The molecular weight excluding hydrogens is 871 g/mol. The second kappa shape index (κ2) is 17.2. The van der Waals surface area contributed by atoms with Crippen LogP contribution in [-0.2, 0) is 27.5 Å². The maximum atomic E-state index is 14.9. The van der Waals surface area contributed by atoms with Crippen molar-refractivity contribution in [2.45, 2.75) is 98.4 Å². The smallest absolute Gasteiger partial charge is 0.425 e. The standard InChI is InChI=1S/C37H40F6IN3O7S/c1-2-8-27-35(54-23-21-28(55-22-23)37(41,42)43,14-7-18-47(27)32(50)31-25(36(38,39)40)10-6-17-45-31)33(51)46-19-15-34(52,16-20-46)24-9-3-4-11-26(24)53-29(44)12-5-13-30(48)49/h3-4,6,9-11,17,21-22,27,29,52H,2,5,7-8,12-16,18-20H2,1H3,(H,48,49)/t27-,29+,35+/m1/s1. The van der Waals surface area contributed by atoms with Crippen molar-refractivity contribution in [1.82, 2.24) is 14.8 Å². The fraction of sp³-hybridized carbons (Fsp3) is 0.514. The highest BCUT2D eigenvalue weighted by molar-refractivity contribution is 14.1.